The molecule has 0 saturated carbocycles. The number of halogens is 2. The van der Waals surface area contributed by atoms with Gasteiger partial charge in [-0.3, -0.25) is 9.59 Å². The van der Waals surface area contributed by atoms with E-state index in [1.54, 1.807) is 24.3 Å². The molecule has 0 amide bonds. The van der Waals surface area contributed by atoms with Crippen molar-refractivity contribution in [2.45, 2.75) is 20.8 Å². The van der Waals surface area contributed by atoms with Crippen LogP contribution in [-0.4, -0.2) is 10.8 Å². The molecule has 0 atom stereocenters. The van der Waals surface area contributed by atoms with E-state index in [1.165, 1.54) is 17.4 Å². The van der Waals surface area contributed by atoms with E-state index in [4.69, 9.17) is 23.2 Å². The second kappa shape index (κ2) is 6.41. The maximum absolute atomic E-state index is 12.0. The molecule has 0 aliphatic rings. The molecule has 22 heavy (non-hydrogen) atoms. The molecule has 116 valence electrons. The molecule has 0 aliphatic carbocycles. The van der Waals surface area contributed by atoms with Crippen LogP contribution in [0.5, 0.6) is 0 Å². The number of ketones is 1. The zero-order valence-corrected chi connectivity index (χ0v) is 14.7. The van der Waals surface area contributed by atoms with Crippen molar-refractivity contribution in [2.75, 3.05) is 0 Å². The van der Waals surface area contributed by atoms with E-state index in [1.807, 2.05) is 20.8 Å². The SMILES string of the molecule is CC(C)(C)C(=O)/C=c1\[nH]c(=O)/c(=C/c2ccc(Cl)c(Cl)c2)s1. The number of thiazole rings is 1. The van der Waals surface area contributed by atoms with Crippen LogP contribution in [0.1, 0.15) is 26.3 Å². The van der Waals surface area contributed by atoms with Gasteiger partial charge in [-0.2, -0.15) is 0 Å². The van der Waals surface area contributed by atoms with Gasteiger partial charge in [-0.25, -0.2) is 0 Å². The summed E-state index contributed by atoms with van der Waals surface area (Å²) in [6.45, 7) is 5.50. The lowest BCUT2D eigenvalue weighted by molar-refractivity contribution is -0.119. The molecule has 0 unspecified atom stereocenters. The Hall–Kier alpha value is -1.36. The van der Waals surface area contributed by atoms with Crippen molar-refractivity contribution < 1.29 is 4.79 Å². The van der Waals surface area contributed by atoms with E-state index in [0.29, 0.717) is 19.2 Å². The standard InChI is InChI=1S/C16H15Cl2NO2S/c1-16(2,3)13(20)8-14-19-15(21)12(22-14)7-9-4-5-10(17)11(18)6-9/h4-8H,1-3H3,(H,19,21)/b12-7-,14-8+. The summed E-state index contributed by atoms with van der Waals surface area (Å²) in [7, 11) is 0. The van der Waals surface area contributed by atoms with E-state index in [2.05, 4.69) is 4.98 Å². The van der Waals surface area contributed by atoms with E-state index in [-0.39, 0.29) is 11.3 Å². The topological polar surface area (TPSA) is 49.9 Å². The van der Waals surface area contributed by atoms with Crippen LogP contribution in [0.2, 0.25) is 10.0 Å². The number of nitrogens with one attached hydrogen (secondary N) is 1. The normalized spacial score (nSPS) is 13.7. The van der Waals surface area contributed by atoms with Crippen molar-refractivity contribution >= 4 is 52.5 Å². The molecular formula is C16H15Cl2NO2S. The van der Waals surface area contributed by atoms with Crippen LogP contribution >= 0.6 is 34.5 Å². The van der Waals surface area contributed by atoms with Gasteiger partial charge >= 0.3 is 0 Å². The van der Waals surface area contributed by atoms with Crippen molar-refractivity contribution in [3.63, 3.8) is 0 Å². The lowest BCUT2D eigenvalue weighted by Gasteiger charge is -2.12. The van der Waals surface area contributed by atoms with Gasteiger partial charge < -0.3 is 4.98 Å². The smallest absolute Gasteiger partial charge is 0.266 e. The zero-order chi connectivity index (χ0) is 16.5. The second-order valence-electron chi connectivity index (χ2n) is 5.86. The molecule has 6 heteroatoms. The Morgan fingerprint density at radius 1 is 1.23 bits per heavy atom. The first-order valence-electron chi connectivity index (χ1n) is 6.59. The third-order valence-electron chi connectivity index (χ3n) is 2.92. The largest absolute Gasteiger partial charge is 0.313 e. The highest BCUT2D eigenvalue weighted by Crippen LogP contribution is 2.22. The van der Waals surface area contributed by atoms with Crippen LogP contribution in [-0.2, 0) is 4.79 Å². The van der Waals surface area contributed by atoms with Gasteiger partial charge in [-0.05, 0) is 23.8 Å². The predicted octanol–water partition coefficient (Wildman–Crippen LogP) is 2.97. The molecule has 1 N–H and O–H groups in total. The average Bonchev–Trinajstić information content (AvgIpc) is 2.73. The number of carbonyl (C=O) groups excluding carboxylic acids is 1. The van der Waals surface area contributed by atoms with Crippen molar-refractivity contribution in [1.82, 2.24) is 4.98 Å². The lowest BCUT2D eigenvalue weighted by Crippen LogP contribution is -2.22. The fourth-order valence-electron chi connectivity index (χ4n) is 1.61. The predicted molar refractivity (Wildman–Crippen MR) is 93.1 cm³/mol. The summed E-state index contributed by atoms with van der Waals surface area (Å²) in [6, 6.07) is 5.14. The Morgan fingerprint density at radius 3 is 2.50 bits per heavy atom. The number of aromatic nitrogens is 1. The van der Waals surface area contributed by atoms with Crippen molar-refractivity contribution in [3.05, 3.63) is 53.4 Å². The molecule has 0 bridgehead atoms. The molecule has 2 aromatic rings. The summed E-state index contributed by atoms with van der Waals surface area (Å²) >= 11 is 13.1. The monoisotopic (exact) mass is 355 g/mol. The molecule has 3 nitrogen and oxygen atoms in total. The Kier molecular flexibility index (Phi) is 4.95. The van der Waals surface area contributed by atoms with Crippen LogP contribution in [0.4, 0.5) is 0 Å². The maximum Gasteiger partial charge on any atom is 0.266 e. The number of carbonyl (C=O) groups is 1. The molecule has 1 aromatic carbocycles. The van der Waals surface area contributed by atoms with E-state index < -0.39 is 5.41 Å². The van der Waals surface area contributed by atoms with Crippen LogP contribution < -0.4 is 14.8 Å². The molecule has 0 fully saturated rings. The number of aromatic amines is 1. The summed E-state index contributed by atoms with van der Waals surface area (Å²) < 4.78 is 1.04. The maximum atomic E-state index is 12.0. The van der Waals surface area contributed by atoms with Gasteiger partial charge in [0.15, 0.2) is 5.78 Å². The third kappa shape index (κ3) is 4.09. The van der Waals surface area contributed by atoms with Gasteiger partial charge in [0, 0.05) is 11.5 Å². The molecular weight excluding hydrogens is 341 g/mol. The highest BCUT2D eigenvalue weighted by molar-refractivity contribution is 7.07. The van der Waals surface area contributed by atoms with Crippen molar-refractivity contribution in [2.24, 2.45) is 5.41 Å². The number of H-pyrrole nitrogens is 1. The van der Waals surface area contributed by atoms with Crippen LogP contribution in [0, 0.1) is 5.41 Å². The quantitative estimate of drug-likeness (QED) is 0.900. The fourth-order valence-corrected chi connectivity index (χ4v) is 2.81. The summed E-state index contributed by atoms with van der Waals surface area (Å²) in [5.74, 6) is -0.0360. The first kappa shape index (κ1) is 17.0. The lowest BCUT2D eigenvalue weighted by atomic mass is 9.91. The minimum atomic E-state index is -0.478. The number of hydrogen-bond acceptors (Lipinski definition) is 3. The van der Waals surface area contributed by atoms with Gasteiger partial charge in [-0.15, -0.1) is 11.3 Å². The molecule has 0 saturated heterocycles. The summed E-state index contributed by atoms with van der Waals surface area (Å²) in [5, 5.41) is 0.891. The number of Topliss-reactive ketones (excluding diaryl/α,β-unsaturated/α-hetero) is 1. The summed E-state index contributed by atoms with van der Waals surface area (Å²) in [4.78, 5) is 26.6. The number of benzene rings is 1. The number of rotatable bonds is 2. The van der Waals surface area contributed by atoms with Crippen molar-refractivity contribution in [3.8, 4) is 0 Å². The summed E-state index contributed by atoms with van der Waals surface area (Å²) in [6.07, 6.45) is 3.18. The minimum absolute atomic E-state index is 0.0360. The first-order chi connectivity index (χ1) is 10.2. The molecule has 0 spiro atoms. The second-order valence-corrected chi connectivity index (χ2v) is 7.76. The van der Waals surface area contributed by atoms with Gasteiger partial charge in [0.2, 0.25) is 0 Å². The van der Waals surface area contributed by atoms with Crippen LogP contribution in [0.15, 0.2) is 23.0 Å². The Labute approximate surface area is 141 Å². The highest BCUT2D eigenvalue weighted by Gasteiger charge is 2.18. The Balaban J connectivity index is 2.48. The van der Waals surface area contributed by atoms with Crippen molar-refractivity contribution in [1.29, 1.82) is 0 Å². The van der Waals surface area contributed by atoms with E-state index >= 15 is 0 Å². The van der Waals surface area contributed by atoms with Gasteiger partial charge in [-0.1, -0.05) is 50.0 Å². The zero-order valence-electron chi connectivity index (χ0n) is 12.4. The van der Waals surface area contributed by atoms with Crippen LogP contribution in [0.25, 0.3) is 12.2 Å². The third-order valence-corrected chi connectivity index (χ3v) is 4.63. The van der Waals surface area contributed by atoms with Gasteiger partial charge in [0.1, 0.15) is 0 Å². The molecule has 0 aliphatic heterocycles. The average molecular weight is 356 g/mol. The van der Waals surface area contributed by atoms with E-state index in [0.717, 1.165) is 5.56 Å². The highest BCUT2D eigenvalue weighted by atomic mass is 35.5. The number of hydrogen-bond donors (Lipinski definition) is 1. The Morgan fingerprint density at radius 2 is 1.91 bits per heavy atom. The van der Waals surface area contributed by atoms with Gasteiger partial charge in [0.05, 0.1) is 19.2 Å². The first-order valence-corrected chi connectivity index (χ1v) is 8.16. The molecule has 0 radical (unpaired) electrons. The van der Waals surface area contributed by atoms with E-state index in [9.17, 15) is 9.59 Å². The Bertz CT molecular complexity index is 888. The molecule has 1 heterocycles. The van der Waals surface area contributed by atoms with Crippen LogP contribution in [0.3, 0.4) is 0 Å². The molecule has 2 rings (SSSR count). The molecule has 1 aromatic heterocycles. The minimum Gasteiger partial charge on any atom is -0.313 e. The van der Waals surface area contributed by atoms with Gasteiger partial charge in [0.25, 0.3) is 5.56 Å². The summed E-state index contributed by atoms with van der Waals surface area (Å²) in [5.41, 5.74) is 0.0635. The fraction of sp³-hybridized carbons (Fsp3) is 0.250.